The van der Waals surface area contributed by atoms with Gasteiger partial charge in [-0.2, -0.15) is 0 Å². The number of halogens is 1. The molecule has 1 atom stereocenters. The molecule has 4 nitrogen and oxygen atoms in total. The van der Waals surface area contributed by atoms with Crippen LogP contribution in [0.5, 0.6) is 0 Å². The van der Waals surface area contributed by atoms with Crippen molar-refractivity contribution in [1.82, 2.24) is 4.72 Å². The average Bonchev–Trinajstić information content (AvgIpc) is 2.26. The Hall–Kier alpha value is -0.430. The van der Waals surface area contributed by atoms with Gasteiger partial charge in [-0.05, 0) is 24.1 Å². The van der Waals surface area contributed by atoms with Crippen LogP contribution >= 0.6 is 15.9 Å². The fraction of sp³-hybridized carbons (Fsp3) is 0.455. The van der Waals surface area contributed by atoms with Gasteiger partial charge in [-0.3, -0.25) is 0 Å². The first kappa shape index (κ1) is 14.6. The second kappa shape index (κ2) is 5.48. The fourth-order valence-electron chi connectivity index (χ4n) is 1.44. The van der Waals surface area contributed by atoms with Crippen molar-refractivity contribution in [3.63, 3.8) is 0 Å². The number of hydrogen-bond acceptors (Lipinski definition) is 3. The van der Waals surface area contributed by atoms with Crippen molar-refractivity contribution in [1.29, 1.82) is 0 Å². The van der Waals surface area contributed by atoms with Gasteiger partial charge in [0.2, 0.25) is 10.0 Å². The zero-order valence-corrected chi connectivity index (χ0v) is 12.2. The van der Waals surface area contributed by atoms with Crippen LogP contribution in [0.25, 0.3) is 0 Å². The van der Waals surface area contributed by atoms with Gasteiger partial charge in [0.1, 0.15) is 5.60 Å². The summed E-state index contributed by atoms with van der Waals surface area (Å²) < 4.78 is 25.3. The Balaban J connectivity index is 2.91. The highest BCUT2D eigenvalue weighted by atomic mass is 79.9. The molecule has 0 fully saturated rings. The standard InChI is InChI=1S/C11H16BrNO3S/c1-3-11(14,8-13-17(2,15)16)9-4-6-10(12)7-5-9/h4-7,13-14H,3,8H2,1-2H3/t11-/m0/s1. The van der Waals surface area contributed by atoms with Crippen molar-refractivity contribution < 1.29 is 13.5 Å². The first-order chi connectivity index (χ1) is 7.77. The highest BCUT2D eigenvalue weighted by Crippen LogP contribution is 2.25. The zero-order valence-electron chi connectivity index (χ0n) is 9.77. The molecule has 0 aromatic heterocycles. The SMILES string of the molecule is CC[C@](O)(CNS(C)(=O)=O)c1ccc(Br)cc1. The summed E-state index contributed by atoms with van der Waals surface area (Å²) in [6, 6.07) is 7.18. The molecule has 0 unspecified atom stereocenters. The predicted molar refractivity (Wildman–Crippen MR) is 71.2 cm³/mol. The molecular weight excluding hydrogens is 306 g/mol. The molecule has 0 heterocycles. The first-order valence-corrected chi connectivity index (χ1v) is 7.88. The summed E-state index contributed by atoms with van der Waals surface area (Å²) in [6.45, 7) is 1.79. The summed E-state index contributed by atoms with van der Waals surface area (Å²) in [4.78, 5) is 0. The van der Waals surface area contributed by atoms with Gasteiger partial charge in [0, 0.05) is 11.0 Å². The number of rotatable bonds is 5. The zero-order chi connectivity index (χ0) is 13.1. The van der Waals surface area contributed by atoms with E-state index >= 15 is 0 Å². The van der Waals surface area contributed by atoms with E-state index in [1.807, 2.05) is 19.1 Å². The molecule has 0 amide bonds. The van der Waals surface area contributed by atoms with Crippen LogP contribution < -0.4 is 4.72 Å². The first-order valence-electron chi connectivity index (χ1n) is 5.20. The molecule has 0 bridgehead atoms. The Morgan fingerprint density at radius 1 is 1.35 bits per heavy atom. The molecule has 1 aromatic rings. The van der Waals surface area contributed by atoms with Gasteiger partial charge >= 0.3 is 0 Å². The Bertz CT molecular complexity index is 472. The molecule has 0 spiro atoms. The highest BCUT2D eigenvalue weighted by Gasteiger charge is 2.28. The van der Waals surface area contributed by atoms with Crippen molar-refractivity contribution in [3.8, 4) is 0 Å². The van der Waals surface area contributed by atoms with Crippen LogP contribution in [0.1, 0.15) is 18.9 Å². The van der Waals surface area contributed by atoms with Crippen LogP contribution in [0.2, 0.25) is 0 Å². The topological polar surface area (TPSA) is 66.4 Å². The summed E-state index contributed by atoms with van der Waals surface area (Å²) in [5.74, 6) is 0. The van der Waals surface area contributed by atoms with Crippen LogP contribution in [0, 0.1) is 0 Å². The second-order valence-corrected chi connectivity index (χ2v) is 6.73. The minimum absolute atomic E-state index is 0.0238. The van der Waals surface area contributed by atoms with Crippen LogP contribution in [0.3, 0.4) is 0 Å². The van der Waals surface area contributed by atoms with Gasteiger partial charge in [-0.25, -0.2) is 13.1 Å². The van der Waals surface area contributed by atoms with E-state index in [2.05, 4.69) is 20.7 Å². The summed E-state index contributed by atoms with van der Waals surface area (Å²) >= 11 is 3.31. The van der Waals surface area contributed by atoms with Crippen molar-refractivity contribution >= 4 is 26.0 Å². The lowest BCUT2D eigenvalue weighted by Gasteiger charge is -2.27. The lowest BCUT2D eigenvalue weighted by molar-refractivity contribution is 0.0380. The third kappa shape index (κ3) is 4.39. The van der Waals surface area contributed by atoms with Gasteiger partial charge in [-0.15, -0.1) is 0 Å². The maximum absolute atomic E-state index is 11.0. The fourth-order valence-corrected chi connectivity index (χ4v) is 2.21. The number of nitrogens with one attached hydrogen (secondary N) is 1. The van der Waals surface area contributed by atoms with Gasteiger partial charge in [0.25, 0.3) is 0 Å². The molecule has 96 valence electrons. The lowest BCUT2D eigenvalue weighted by atomic mass is 9.91. The Labute approximate surface area is 110 Å². The molecule has 0 saturated heterocycles. The summed E-state index contributed by atoms with van der Waals surface area (Å²) in [5, 5.41) is 10.4. The van der Waals surface area contributed by atoms with E-state index in [9.17, 15) is 13.5 Å². The number of aliphatic hydroxyl groups is 1. The summed E-state index contributed by atoms with van der Waals surface area (Å²) in [7, 11) is -3.30. The van der Waals surface area contributed by atoms with Crippen molar-refractivity contribution in [2.24, 2.45) is 0 Å². The quantitative estimate of drug-likeness (QED) is 0.865. The Kier molecular flexibility index (Phi) is 4.71. The molecule has 0 aliphatic heterocycles. The maximum Gasteiger partial charge on any atom is 0.208 e. The molecule has 0 radical (unpaired) electrons. The van der Waals surface area contributed by atoms with Gasteiger partial charge in [0.05, 0.1) is 6.26 Å². The molecule has 2 N–H and O–H groups in total. The van der Waals surface area contributed by atoms with Crippen molar-refractivity contribution in [2.75, 3.05) is 12.8 Å². The largest absolute Gasteiger partial charge is 0.384 e. The number of benzene rings is 1. The summed E-state index contributed by atoms with van der Waals surface area (Å²) in [6.07, 6.45) is 1.50. The smallest absolute Gasteiger partial charge is 0.208 e. The minimum atomic E-state index is -3.30. The van der Waals surface area contributed by atoms with Gasteiger partial charge in [0.15, 0.2) is 0 Å². The summed E-state index contributed by atoms with van der Waals surface area (Å²) in [5.41, 5.74) is -0.483. The van der Waals surface area contributed by atoms with Gasteiger partial charge in [-0.1, -0.05) is 35.0 Å². The molecule has 0 aliphatic rings. The Morgan fingerprint density at radius 3 is 2.29 bits per heavy atom. The highest BCUT2D eigenvalue weighted by molar-refractivity contribution is 9.10. The number of hydrogen-bond donors (Lipinski definition) is 2. The van der Waals surface area contributed by atoms with Crippen LogP contribution in [0.15, 0.2) is 28.7 Å². The minimum Gasteiger partial charge on any atom is -0.384 e. The third-order valence-electron chi connectivity index (χ3n) is 2.59. The van der Waals surface area contributed by atoms with E-state index in [4.69, 9.17) is 0 Å². The van der Waals surface area contributed by atoms with Crippen LogP contribution in [0.4, 0.5) is 0 Å². The average molecular weight is 322 g/mol. The van der Waals surface area contributed by atoms with E-state index in [0.29, 0.717) is 12.0 Å². The molecule has 0 aliphatic carbocycles. The second-order valence-electron chi connectivity index (χ2n) is 3.99. The molecule has 6 heteroatoms. The normalized spacial score (nSPS) is 15.5. The molecule has 17 heavy (non-hydrogen) atoms. The van der Waals surface area contributed by atoms with Gasteiger partial charge < -0.3 is 5.11 Å². The molecule has 1 rings (SSSR count). The van der Waals surface area contributed by atoms with E-state index in [-0.39, 0.29) is 6.54 Å². The van der Waals surface area contributed by atoms with E-state index in [1.54, 1.807) is 12.1 Å². The predicted octanol–water partition coefficient (Wildman–Crippen LogP) is 1.60. The molecule has 0 saturated carbocycles. The van der Waals surface area contributed by atoms with E-state index in [0.717, 1.165) is 10.7 Å². The molecule has 1 aromatic carbocycles. The van der Waals surface area contributed by atoms with Crippen LogP contribution in [-0.2, 0) is 15.6 Å². The molecular formula is C11H16BrNO3S. The van der Waals surface area contributed by atoms with Crippen LogP contribution in [-0.4, -0.2) is 26.3 Å². The maximum atomic E-state index is 11.0. The Morgan fingerprint density at radius 2 is 1.88 bits per heavy atom. The van der Waals surface area contributed by atoms with Crippen molar-refractivity contribution in [2.45, 2.75) is 18.9 Å². The lowest BCUT2D eigenvalue weighted by Crippen LogP contribution is -2.39. The number of sulfonamides is 1. The van der Waals surface area contributed by atoms with E-state index in [1.165, 1.54) is 0 Å². The van der Waals surface area contributed by atoms with E-state index < -0.39 is 15.6 Å². The third-order valence-corrected chi connectivity index (χ3v) is 3.79. The monoisotopic (exact) mass is 321 g/mol. The van der Waals surface area contributed by atoms with Crippen molar-refractivity contribution in [3.05, 3.63) is 34.3 Å².